The highest BCUT2D eigenvalue weighted by molar-refractivity contribution is 5.86. The number of aryl methyl sites for hydroxylation is 3. The van der Waals surface area contributed by atoms with Gasteiger partial charge in [-0.15, -0.1) is 0 Å². The maximum absolute atomic E-state index is 9.37. The van der Waals surface area contributed by atoms with Gasteiger partial charge in [0.2, 0.25) is 0 Å². The summed E-state index contributed by atoms with van der Waals surface area (Å²) in [6.45, 7) is 34.8. The van der Waals surface area contributed by atoms with Crippen molar-refractivity contribution in [2.75, 3.05) is 0 Å². The molecule has 254 valence electrons. The molecule has 8 bridgehead atoms. The molecule has 46 heavy (non-hydrogen) atoms. The van der Waals surface area contributed by atoms with Crippen molar-refractivity contribution in [1.29, 1.82) is 0 Å². The predicted octanol–water partition coefficient (Wildman–Crippen LogP) is 11.9. The molecule has 0 radical (unpaired) electrons. The summed E-state index contributed by atoms with van der Waals surface area (Å²) in [5, 5.41) is 7.72. The number of aromatic nitrogens is 4. The summed E-state index contributed by atoms with van der Waals surface area (Å²) in [5.74, 6) is -0.375. The minimum atomic E-state index is -0.745. The lowest BCUT2D eigenvalue weighted by Gasteiger charge is -2.00. The van der Waals surface area contributed by atoms with Crippen molar-refractivity contribution >= 4 is 45.8 Å². The number of H-pyrrole nitrogens is 2. The van der Waals surface area contributed by atoms with E-state index in [4.69, 9.17) is 15.1 Å². The third-order valence-electron chi connectivity index (χ3n) is 7.62. The molecule has 1 unspecified atom stereocenters. The second kappa shape index (κ2) is 21.0. The molecular weight excluding hydrogens is 568 g/mol. The van der Waals surface area contributed by atoms with E-state index in [9.17, 15) is 4.79 Å². The third-order valence-corrected chi connectivity index (χ3v) is 7.62. The molecule has 0 saturated carbocycles. The standard InChI is InChI=1S/C29H32N4.C3H6O2.4C2H6/c1-8-20-18(6)27-14-29-21(9-2)17(5)26(32-29)12-22-15(3)10-24(30-22)19(7)25-11-16(4)23(31-25)13-28(20)33-27;1-2-3(4)5;4*1-2/h9,11-15,32-33H,2,8,10H2,1,3-7H3;2H2,1H3,(H,4,5);4*1-2H3. The average molecular weight is 631 g/mol. The minimum Gasteiger partial charge on any atom is -0.481 e. The highest BCUT2D eigenvalue weighted by Crippen LogP contribution is 2.31. The lowest BCUT2D eigenvalue weighted by Crippen LogP contribution is -1.91. The van der Waals surface area contributed by atoms with Crippen LogP contribution in [0.15, 0.2) is 24.8 Å². The van der Waals surface area contributed by atoms with Crippen LogP contribution in [0.1, 0.15) is 146 Å². The number of hydrogen-bond acceptors (Lipinski definition) is 3. The second-order valence-corrected chi connectivity index (χ2v) is 10.2. The fourth-order valence-electron chi connectivity index (χ4n) is 5.14. The van der Waals surface area contributed by atoms with Gasteiger partial charge in [0.1, 0.15) is 0 Å². The van der Waals surface area contributed by atoms with E-state index in [-0.39, 0.29) is 6.42 Å². The Kier molecular flexibility index (Phi) is 19.2. The molecule has 0 saturated heterocycles. The van der Waals surface area contributed by atoms with Gasteiger partial charge in [-0.05, 0) is 92.6 Å². The molecule has 5 rings (SSSR count). The van der Waals surface area contributed by atoms with Gasteiger partial charge in [-0.2, -0.15) is 0 Å². The molecule has 3 N–H and O–H groups in total. The number of fused-ring (bicyclic) bond motifs is 8. The van der Waals surface area contributed by atoms with Crippen LogP contribution < -0.4 is 0 Å². The summed E-state index contributed by atoms with van der Waals surface area (Å²) in [6, 6.07) is 6.63. The highest BCUT2D eigenvalue weighted by Gasteiger charge is 2.20. The Morgan fingerprint density at radius 1 is 0.848 bits per heavy atom. The molecule has 6 nitrogen and oxygen atoms in total. The Balaban J connectivity index is 0.00000137. The Labute approximate surface area is 279 Å². The van der Waals surface area contributed by atoms with Crippen LogP contribution in [-0.2, 0) is 17.6 Å². The lowest BCUT2D eigenvalue weighted by molar-refractivity contribution is -0.136. The number of carbonyl (C=O) groups is 1. The molecular formula is C40H62N4O2. The number of nitrogens with one attached hydrogen (secondary N) is 2. The van der Waals surface area contributed by atoms with Crippen molar-refractivity contribution in [3.8, 4) is 0 Å². The zero-order valence-corrected chi connectivity index (χ0v) is 31.5. The van der Waals surface area contributed by atoms with Gasteiger partial charge >= 0.3 is 5.97 Å². The zero-order valence-electron chi connectivity index (χ0n) is 31.5. The van der Waals surface area contributed by atoms with Crippen LogP contribution >= 0.6 is 0 Å². The summed E-state index contributed by atoms with van der Waals surface area (Å²) in [4.78, 5) is 26.8. The summed E-state index contributed by atoms with van der Waals surface area (Å²) in [7, 11) is 0. The predicted molar refractivity (Wildman–Crippen MR) is 204 cm³/mol. The van der Waals surface area contributed by atoms with Gasteiger partial charge in [-0.25, -0.2) is 4.98 Å². The van der Waals surface area contributed by atoms with E-state index in [1.54, 1.807) is 6.92 Å². The van der Waals surface area contributed by atoms with Crippen molar-refractivity contribution in [1.82, 2.24) is 19.9 Å². The second-order valence-electron chi connectivity index (χ2n) is 10.2. The monoisotopic (exact) mass is 630 g/mol. The van der Waals surface area contributed by atoms with Crippen LogP contribution in [0, 0.1) is 20.8 Å². The van der Waals surface area contributed by atoms with Crippen molar-refractivity contribution in [2.24, 2.45) is 0 Å². The molecule has 3 aromatic rings. The summed E-state index contributed by atoms with van der Waals surface area (Å²) in [6.07, 6.45) is 6.27. The molecule has 0 aliphatic carbocycles. The average Bonchev–Trinajstić information content (AvgIpc) is 3.80. The maximum Gasteiger partial charge on any atom is 0.303 e. The van der Waals surface area contributed by atoms with E-state index < -0.39 is 5.97 Å². The summed E-state index contributed by atoms with van der Waals surface area (Å²) >= 11 is 0. The topological polar surface area (TPSA) is 94.7 Å². The van der Waals surface area contributed by atoms with Crippen molar-refractivity contribution in [2.45, 2.75) is 129 Å². The summed E-state index contributed by atoms with van der Waals surface area (Å²) < 4.78 is 0. The molecule has 5 heterocycles. The van der Waals surface area contributed by atoms with E-state index in [0.717, 1.165) is 63.2 Å². The number of aromatic amines is 2. The summed E-state index contributed by atoms with van der Waals surface area (Å²) in [5.41, 5.74) is 16.0. The fourth-order valence-corrected chi connectivity index (χ4v) is 5.14. The number of rotatable bonds is 3. The third kappa shape index (κ3) is 10.0. The van der Waals surface area contributed by atoms with E-state index in [1.165, 1.54) is 27.8 Å². The highest BCUT2D eigenvalue weighted by atomic mass is 16.4. The van der Waals surface area contributed by atoms with Gasteiger partial charge in [0.25, 0.3) is 0 Å². The van der Waals surface area contributed by atoms with Crippen molar-refractivity contribution in [3.63, 3.8) is 0 Å². The first-order chi connectivity index (χ1) is 22.1. The first kappa shape index (κ1) is 42.1. The number of carboxylic acid groups (broad SMARTS) is 1. The van der Waals surface area contributed by atoms with E-state index >= 15 is 0 Å². The number of hydrogen-bond donors (Lipinski definition) is 3. The molecule has 6 heteroatoms. The minimum absolute atomic E-state index is 0.222. The van der Waals surface area contributed by atoms with Crippen LogP contribution in [0.5, 0.6) is 0 Å². The maximum atomic E-state index is 9.37. The molecule has 1 atom stereocenters. The molecule has 0 spiro atoms. The first-order valence-electron chi connectivity index (χ1n) is 17.3. The van der Waals surface area contributed by atoms with E-state index in [0.29, 0.717) is 5.92 Å². The lowest BCUT2D eigenvalue weighted by atomic mass is 10.0. The zero-order chi connectivity index (χ0) is 35.7. The Morgan fingerprint density at radius 3 is 1.91 bits per heavy atom. The Morgan fingerprint density at radius 2 is 1.39 bits per heavy atom. The number of carboxylic acids is 1. The molecule has 3 aromatic heterocycles. The number of aliphatic carboxylic acids is 1. The van der Waals surface area contributed by atoms with Crippen LogP contribution in [0.25, 0.3) is 39.8 Å². The molecule has 0 amide bonds. The number of allylic oxidation sites excluding steroid dienone is 1. The van der Waals surface area contributed by atoms with Crippen LogP contribution in [0.3, 0.4) is 0 Å². The fraction of sp³-hybridized carbons (Fsp3) is 0.475. The molecule has 0 fully saturated rings. The van der Waals surface area contributed by atoms with Crippen LogP contribution in [0.2, 0.25) is 0 Å². The quantitative estimate of drug-likeness (QED) is 0.268. The van der Waals surface area contributed by atoms with Gasteiger partial charge in [0.15, 0.2) is 0 Å². The smallest absolute Gasteiger partial charge is 0.303 e. The van der Waals surface area contributed by atoms with Crippen molar-refractivity contribution < 1.29 is 9.90 Å². The van der Waals surface area contributed by atoms with Gasteiger partial charge in [0.05, 0.1) is 11.4 Å². The molecule has 2 aliphatic heterocycles. The van der Waals surface area contributed by atoms with Gasteiger partial charge in [0, 0.05) is 51.4 Å². The molecule has 0 aromatic carbocycles. The largest absolute Gasteiger partial charge is 0.481 e. The van der Waals surface area contributed by atoms with Gasteiger partial charge < -0.3 is 15.1 Å². The van der Waals surface area contributed by atoms with Crippen LogP contribution in [-0.4, -0.2) is 31.0 Å². The van der Waals surface area contributed by atoms with Crippen LogP contribution in [0.4, 0.5) is 0 Å². The Hall–Kier alpha value is -3.93. The van der Waals surface area contributed by atoms with E-state index in [2.05, 4.69) is 82.4 Å². The van der Waals surface area contributed by atoms with Gasteiger partial charge in [-0.1, -0.05) is 88.8 Å². The first-order valence-corrected chi connectivity index (χ1v) is 17.3. The molecule has 2 aliphatic rings. The van der Waals surface area contributed by atoms with E-state index in [1.807, 2.05) is 61.5 Å². The number of nitrogens with zero attached hydrogens (tertiary/aromatic N) is 2. The van der Waals surface area contributed by atoms with Crippen molar-refractivity contribution in [3.05, 3.63) is 75.4 Å². The van der Waals surface area contributed by atoms with Gasteiger partial charge in [-0.3, -0.25) is 9.78 Å². The SMILES string of the molecule is C=Cc1c(C)c2cc3nc(c(C)c4nc(cc5[nH]c(cc1[nH]2)c(C)c5CC)C(C)=C4)CC3C.CC.CC.CC.CC.CCC(=O)O. The Bertz CT molecular complexity index is 1620. The normalized spacial score (nSPS) is 12.5.